The smallest absolute Gasteiger partial charge is 0.111 e. The van der Waals surface area contributed by atoms with Crippen LogP contribution in [0.2, 0.25) is 0 Å². The first-order valence-electron chi connectivity index (χ1n) is 3.97. The molecule has 0 fully saturated rings. The third-order valence-electron chi connectivity index (χ3n) is 1.65. The first-order valence-corrected chi connectivity index (χ1v) is 3.97. The molecule has 0 amide bonds. The Bertz CT molecular complexity index is 95.3. The molecule has 0 radical (unpaired) electrons. The molecule has 0 aromatic heterocycles. The summed E-state index contributed by atoms with van der Waals surface area (Å²) in [6.45, 7) is 5.14. The third kappa shape index (κ3) is 4.35. The normalized spacial score (nSPS) is 16.4. The van der Waals surface area contributed by atoms with Crippen LogP contribution in [0, 0.1) is 0 Å². The Balaban J connectivity index is 3.68. The van der Waals surface area contributed by atoms with Crippen molar-refractivity contribution in [2.45, 2.75) is 25.9 Å². The van der Waals surface area contributed by atoms with Gasteiger partial charge in [-0.25, -0.2) is 0 Å². The van der Waals surface area contributed by atoms with Crippen LogP contribution in [0.1, 0.15) is 20.3 Å². The van der Waals surface area contributed by atoms with Gasteiger partial charge in [0, 0.05) is 13.7 Å². The van der Waals surface area contributed by atoms with Crippen molar-refractivity contribution in [1.29, 1.82) is 0 Å². The molecule has 0 aliphatic rings. The standard InChI is InChI=1S/C8H18O3/c1-4-8(9,6-10-3)7-11-5-2/h9H,4-7H2,1-3H3. The van der Waals surface area contributed by atoms with Crippen LogP contribution in [0.3, 0.4) is 0 Å². The Kier molecular flexibility index (Phi) is 5.46. The van der Waals surface area contributed by atoms with E-state index in [-0.39, 0.29) is 0 Å². The summed E-state index contributed by atoms with van der Waals surface area (Å²) in [7, 11) is 1.58. The second kappa shape index (κ2) is 5.52. The molecular formula is C8H18O3. The minimum atomic E-state index is -0.801. The summed E-state index contributed by atoms with van der Waals surface area (Å²) in [5.74, 6) is 0. The van der Waals surface area contributed by atoms with Crippen molar-refractivity contribution in [2.75, 3.05) is 26.9 Å². The third-order valence-corrected chi connectivity index (χ3v) is 1.65. The Labute approximate surface area is 68.3 Å². The molecule has 0 aromatic carbocycles. The van der Waals surface area contributed by atoms with Gasteiger partial charge >= 0.3 is 0 Å². The molecule has 0 saturated heterocycles. The van der Waals surface area contributed by atoms with Crippen LogP contribution in [0.15, 0.2) is 0 Å². The lowest BCUT2D eigenvalue weighted by atomic mass is 10.0. The quantitative estimate of drug-likeness (QED) is 0.628. The van der Waals surface area contributed by atoms with E-state index in [1.807, 2.05) is 13.8 Å². The van der Waals surface area contributed by atoms with Gasteiger partial charge in [0.15, 0.2) is 0 Å². The summed E-state index contributed by atoms with van der Waals surface area (Å²) in [4.78, 5) is 0. The molecule has 1 atom stereocenters. The molecule has 0 saturated carbocycles. The van der Waals surface area contributed by atoms with Crippen molar-refractivity contribution < 1.29 is 14.6 Å². The van der Waals surface area contributed by atoms with Gasteiger partial charge in [0.25, 0.3) is 0 Å². The van der Waals surface area contributed by atoms with E-state index in [0.29, 0.717) is 26.2 Å². The predicted octanol–water partition coefficient (Wildman–Crippen LogP) is 0.810. The second-order valence-electron chi connectivity index (χ2n) is 2.65. The molecule has 3 nitrogen and oxygen atoms in total. The Hall–Kier alpha value is -0.120. The minimum absolute atomic E-state index is 0.337. The van der Waals surface area contributed by atoms with Gasteiger partial charge < -0.3 is 14.6 Å². The minimum Gasteiger partial charge on any atom is -0.385 e. The maximum atomic E-state index is 9.70. The van der Waals surface area contributed by atoms with Crippen LogP contribution in [-0.2, 0) is 9.47 Å². The van der Waals surface area contributed by atoms with Gasteiger partial charge in [-0.3, -0.25) is 0 Å². The van der Waals surface area contributed by atoms with Crippen molar-refractivity contribution in [3.8, 4) is 0 Å². The van der Waals surface area contributed by atoms with Crippen molar-refractivity contribution in [3.05, 3.63) is 0 Å². The van der Waals surface area contributed by atoms with Crippen LogP contribution in [0.25, 0.3) is 0 Å². The molecule has 0 heterocycles. The van der Waals surface area contributed by atoms with Crippen LogP contribution in [0.4, 0.5) is 0 Å². The molecule has 0 spiro atoms. The molecule has 0 bridgehead atoms. The average Bonchev–Trinajstić information content (AvgIpc) is 2.02. The molecule has 3 heteroatoms. The van der Waals surface area contributed by atoms with E-state index in [2.05, 4.69) is 0 Å². The van der Waals surface area contributed by atoms with E-state index in [4.69, 9.17) is 9.47 Å². The van der Waals surface area contributed by atoms with Crippen LogP contribution >= 0.6 is 0 Å². The van der Waals surface area contributed by atoms with Gasteiger partial charge in [-0.15, -0.1) is 0 Å². The second-order valence-corrected chi connectivity index (χ2v) is 2.65. The van der Waals surface area contributed by atoms with Crippen molar-refractivity contribution in [1.82, 2.24) is 0 Å². The van der Waals surface area contributed by atoms with E-state index in [1.165, 1.54) is 0 Å². The Morgan fingerprint density at radius 1 is 1.27 bits per heavy atom. The summed E-state index contributed by atoms with van der Waals surface area (Å²) in [6, 6.07) is 0. The highest BCUT2D eigenvalue weighted by molar-refractivity contribution is 4.75. The van der Waals surface area contributed by atoms with Gasteiger partial charge in [0.2, 0.25) is 0 Å². The molecular weight excluding hydrogens is 144 g/mol. The molecule has 1 N–H and O–H groups in total. The van der Waals surface area contributed by atoms with Gasteiger partial charge in [-0.05, 0) is 13.3 Å². The molecule has 0 aliphatic heterocycles. The summed E-state index contributed by atoms with van der Waals surface area (Å²) in [5, 5.41) is 9.70. The van der Waals surface area contributed by atoms with E-state index in [0.717, 1.165) is 0 Å². The first-order chi connectivity index (χ1) is 5.18. The number of rotatable bonds is 6. The van der Waals surface area contributed by atoms with Gasteiger partial charge in [0.05, 0.1) is 13.2 Å². The highest BCUT2D eigenvalue weighted by atomic mass is 16.5. The zero-order chi connectivity index (χ0) is 8.74. The maximum Gasteiger partial charge on any atom is 0.111 e. The molecule has 0 aliphatic carbocycles. The fourth-order valence-corrected chi connectivity index (χ4v) is 0.807. The van der Waals surface area contributed by atoms with Crippen LogP contribution in [0.5, 0.6) is 0 Å². The van der Waals surface area contributed by atoms with Crippen LogP contribution < -0.4 is 0 Å². The highest BCUT2D eigenvalue weighted by Gasteiger charge is 2.24. The lowest BCUT2D eigenvalue weighted by Gasteiger charge is -2.25. The molecule has 0 aromatic rings. The van der Waals surface area contributed by atoms with Crippen LogP contribution in [-0.4, -0.2) is 37.6 Å². The first kappa shape index (κ1) is 10.9. The SMILES string of the molecule is CCOCC(O)(CC)COC. The molecule has 68 valence electrons. The fraction of sp³-hybridized carbons (Fsp3) is 1.00. The van der Waals surface area contributed by atoms with Gasteiger partial charge in [-0.2, -0.15) is 0 Å². The monoisotopic (exact) mass is 162 g/mol. The van der Waals surface area contributed by atoms with Crippen molar-refractivity contribution >= 4 is 0 Å². The number of aliphatic hydroxyl groups is 1. The number of ether oxygens (including phenoxy) is 2. The topological polar surface area (TPSA) is 38.7 Å². The summed E-state index contributed by atoms with van der Waals surface area (Å²) < 4.78 is 9.98. The molecule has 11 heavy (non-hydrogen) atoms. The average molecular weight is 162 g/mol. The van der Waals surface area contributed by atoms with Gasteiger partial charge in [0.1, 0.15) is 5.60 Å². The Morgan fingerprint density at radius 2 is 1.91 bits per heavy atom. The molecule has 1 unspecified atom stereocenters. The van der Waals surface area contributed by atoms with E-state index >= 15 is 0 Å². The fourth-order valence-electron chi connectivity index (χ4n) is 0.807. The van der Waals surface area contributed by atoms with E-state index in [9.17, 15) is 5.11 Å². The molecule has 0 rings (SSSR count). The summed E-state index contributed by atoms with van der Waals surface area (Å²) in [6.07, 6.45) is 0.654. The van der Waals surface area contributed by atoms with E-state index in [1.54, 1.807) is 7.11 Å². The Morgan fingerprint density at radius 3 is 2.27 bits per heavy atom. The zero-order valence-electron chi connectivity index (χ0n) is 7.59. The van der Waals surface area contributed by atoms with Crippen molar-refractivity contribution in [2.24, 2.45) is 0 Å². The predicted molar refractivity (Wildman–Crippen MR) is 43.6 cm³/mol. The lowest BCUT2D eigenvalue weighted by molar-refractivity contribution is -0.0868. The summed E-state index contributed by atoms with van der Waals surface area (Å²) in [5.41, 5.74) is -0.801. The summed E-state index contributed by atoms with van der Waals surface area (Å²) >= 11 is 0. The van der Waals surface area contributed by atoms with Crippen molar-refractivity contribution in [3.63, 3.8) is 0 Å². The zero-order valence-corrected chi connectivity index (χ0v) is 7.59. The number of methoxy groups -OCH3 is 1. The largest absolute Gasteiger partial charge is 0.385 e. The lowest BCUT2D eigenvalue weighted by Crippen LogP contribution is -2.38. The maximum absolute atomic E-state index is 9.70. The number of hydrogen-bond acceptors (Lipinski definition) is 3. The van der Waals surface area contributed by atoms with Gasteiger partial charge in [-0.1, -0.05) is 6.92 Å². The highest BCUT2D eigenvalue weighted by Crippen LogP contribution is 2.10. The number of hydrogen-bond donors (Lipinski definition) is 1. The van der Waals surface area contributed by atoms with E-state index < -0.39 is 5.60 Å².